The second-order valence-corrected chi connectivity index (χ2v) is 17.9. The zero-order chi connectivity index (χ0) is 42.7. The van der Waals surface area contributed by atoms with Gasteiger partial charge in [0.25, 0.3) is 0 Å². The van der Waals surface area contributed by atoms with Crippen molar-refractivity contribution in [3.05, 3.63) is 247 Å². The number of nitrogens with zero attached hydrogens (tertiary/aromatic N) is 3. The molecule has 0 radical (unpaired) electrons. The molecule has 0 aliphatic heterocycles. The quantitative estimate of drug-likeness (QED) is 0.144. The molecule has 0 heterocycles. The number of hydrogen-bond acceptors (Lipinski definition) is 3. The van der Waals surface area contributed by atoms with Crippen molar-refractivity contribution < 1.29 is 0 Å². The van der Waals surface area contributed by atoms with Crippen LogP contribution in [0.15, 0.2) is 224 Å². The van der Waals surface area contributed by atoms with Crippen molar-refractivity contribution in [1.29, 1.82) is 0 Å². The molecule has 63 heavy (non-hydrogen) atoms. The Morgan fingerprint density at radius 1 is 0.222 bits per heavy atom. The summed E-state index contributed by atoms with van der Waals surface area (Å²) in [5.41, 5.74) is 20.1. The molecule has 0 saturated heterocycles. The molecule has 11 rings (SSSR count). The van der Waals surface area contributed by atoms with Crippen LogP contribution < -0.4 is 14.7 Å². The van der Waals surface area contributed by atoms with Crippen LogP contribution in [0.4, 0.5) is 51.2 Å². The van der Waals surface area contributed by atoms with Crippen molar-refractivity contribution >= 4 is 51.2 Å². The van der Waals surface area contributed by atoms with E-state index in [1.165, 1.54) is 44.5 Å². The van der Waals surface area contributed by atoms with E-state index < -0.39 is 0 Å². The molecule has 0 fully saturated rings. The van der Waals surface area contributed by atoms with Gasteiger partial charge in [-0.1, -0.05) is 161 Å². The van der Waals surface area contributed by atoms with Crippen LogP contribution in [0, 0.1) is 0 Å². The predicted octanol–water partition coefficient (Wildman–Crippen LogP) is 16.7. The summed E-state index contributed by atoms with van der Waals surface area (Å²) in [5, 5.41) is 0. The first-order valence-corrected chi connectivity index (χ1v) is 22.0. The van der Waals surface area contributed by atoms with Crippen LogP contribution in [0.3, 0.4) is 0 Å². The highest BCUT2D eigenvalue weighted by Crippen LogP contribution is 2.53. The van der Waals surface area contributed by atoms with E-state index in [1.54, 1.807) is 0 Å². The maximum absolute atomic E-state index is 2.44. The Hall–Kier alpha value is -7.62. The van der Waals surface area contributed by atoms with Gasteiger partial charge in [0.15, 0.2) is 0 Å². The van der Waals surface area contributed by atoms with Gasteiger partial charge in [-0.2, -0.15) is 0 Å². The van der Waals surface area contributed by atoms with E-state index in [9.17, 15) is 0 Å². The Bertz CT molecular complexity index is 3080. The summed E-state index contributed by atoms with van der Waals surface area (Å²) in [6, 6.07) is 82.1. The molecule has 2 aliphatic rings. The van der Waals surface area contributed by atoms with Crippen LogP contribution in [0.5, 0.6) is 0 Å². The summed E-state index contributed by atoms with van der Waals surface area (Å²) in [4.78, 5) is 7.25. The fourth-order valence-corrected chi connectivity index (χ4v) is 10.3. The van der Waals surface area contributed by atoms with E-state index in [0.29, 0.717) is 0 Å². The fourth-order valence-electron chi connectivity index (χ4n) is 10.3. The smallest absolute Gasteiger partial charge is 0.0503 e. The summed E-state index contributed by atoms with van der Waals surface area (Å²) in [6.45, 7) is 9.42. The minimum Gasteiger partial charge on any atom is -0.310 e. The van der Waals surface area contributed by atoms with Crippen molar-refractivity contribution in [2.24, 2.45) is 0 Å². The molecule has 0 N–H and O–H groups in total. The van der Waals surface area contributed by atoms with Gasteiger partial charge in [0, 0.05) is 45.0 Å². The molecule has 2 aliphatic carbocycles. The molecule has 0 atom stereocenters. The maximum Gasteiger partial charge on any atom is 0.0503 e. The Morgan fingerprint density at radius 2 is 0.540 bits per heavy atom. The average Bonchev–Trinajstić information content (AvgIpc) is 3.69. The minimum atomic E-state index is -0.153. The molecule has 0 aromatic heterocycles. The van der Waals surface area contributed by atoms with Gasteiger partial charge in [-0.3, -0.25) is 0 Å². The Labute approximate surface area is 371 Å². The number of anilines is 9. The summed E-state index contributed by atoms with van der Waals surface area (Å²) in [6.07, 6.45) is 0. The molecule has 304 valence electrons. The van der Waals surface area contributed by atoms with E-state index in [-0.39, 0.29) is 10.8 Å². The van der Waals surface area contributed by atoms with E-state index in [2.05, 4.69) is 267 Å². The number of rotatable bonds is 9. The highest BCUT2D eigenvalue weighted by molar-refractivity contribution is 5.92. The molecule has 0 saturated carbocycles. The molecule has 9 aromatic rings. The predicted molar refractivity (Wildman–Crippen MR) is 266 cm³/mol. The van der Waals surface area contributed by atoms with Gasteiger partial charge in [0.2, 0.25) is 0 Å². The first-order chi connectivity index (χ1) is 30.8. The third-order valence-corrected chi connectivity index (χ3v) is 13.4. The molecule has 0 spiro atoms. The second kappa shape index (κ2) is 15.1. The Kier molecular flexibility index (Phi) is 9.17. The SMILES string of the molecule is CC1(C)c2ccccc2-c2cc(N(c3ccccc3)c3cc(N(c4ccccc4)c4ccccc4)cc(N(c4ccccc4)c4ccc5c(c4)C(C)(C)c4ccccc4-5)c3)ccc21. The van der Waals surface area contributed by atoms with Crippen molar-refractivity contribution in [3.63, 3.8) is 0 Å². The lowest BCUT2D eigenvalue weighted by molar-refractivity contribution is 0.660. The van der Waals surface area contributed by atoms with Gasteiger partial charge < -0.3 is 14.7 Å². The van der Waals surface area contributed by atoms with Gasteiger partial charge in [-0.15, -0.1) is 0 Å². The number of benzene rings is 9. The summed E-state index contributed by atoms with van der Waals surface area (Å²) < 4.78 is 0. The van der Waals surface area contributed by atoms with Crippen LogP contribution >= 0.6 is 0 Å². The van der Waals surface area contributed by atoms with Gasteiger partial charge in [0.1, 0.15) is 0 Å². The second-order valence-electron chi connectivity index (χ2n) is 17.9. The lowest BCUT2D eigenvalue weighted by Crippen LogP contribution is -2.18. The van der Waals surface area contributed by atoms with Crippen molar-refractivity contribution in [2.45, 2.75) is 38.5 Å². The molecular formula is C60H49N3. The molecular weight excluding hydrogens is 763 g/mol. The summed E-state index contributed by atoms with van der Waals surface area (Å²) >= 11 is 0. The molecule has 0 unspecified atom stereocenters. The third kappa shape index (κ3) is 6.43. The number of para-hydroxylation sites is 4. The standard InChI is InChI=1S/C60H49N3/c1-59(2)56-32-20-18-30-52(56)54-40-46(34-36-57(54)59)62(44-25-13-7-14-26-44)49-37-48(61(42-21-9-5-10-22-42)43-23-11-6-12-24-43)38-50(39-49)63(45-27-15-8-16-28-45)47-33-35-53-51-29-17-19-31-55(51)60(3,4)58(53)41-47/h5-41H,1-4H3. The minimum absolute atomic E-state index is 0.0943. The van der Waals surface area contributed by atoms with Crippen LogP contribution in [-0.2, 0) is 10.8 Å². The van der Waals surface area contributed by atoms with E-state index >= 15 is 0 Å². The lowest BCUT2D eigenvalue weighted by Gasteiger charge is -2.33. The van der Waals surface area contributed by atoms with Crippen molar-refractivity contribution in [1.82, 2.24) is 0 Å². The summed E-state index contributed by atoms with van der Waals surface area (Å²) in [5.74, 6) is 0. The fraction of sp³-hybridized carbons (Fsp3) is 0.100. The molecule has 9 aromatic carbocycles. The van der Waals surface area contributed by atoms with Crippen molar-refractivity contribution in [2.75, 3.05) is 14.7 Å². The zero-order valence-corrected chi connectivity index (χ0v) is 36.2. The Balaban J connectivity index is 1.18. The van der Waals surface area contributed by atoms with E-state index in [0.717, 1.165) is 51.2 Å². The number of hydrogen-bond donors (Lipinski definition) is 0. The van der Waals surface area contributed by atoms with E-state index in [1.807, 2.05) is 0 Å². The molecule has 0 amide bonds. The normalized spacial score (nSPS) is 13.7. The van der Waals surface area contributed by atoms with Gasteiger partial charge in [-0.25, -0.2) is 0 Å². The zero-order valence-electron chi connectivity index (χ0n) is 36.2. The highest BCUT2D eigenvalue weighted by Gasteiger charge is 2.37. The van der Waals surface area contributed by atoms with Crippen LogP contribution in [0.1, 0.15) is 49.9 Å². The van der Waals surface area contributed by atoms with E-state index in [4.69, 9.17) is 0 Å². The van der Waals surface area contributed by atoms with Gasteiger partial charge in [0.05, 0.1) is 17.1 Å². The first kappa shape index (κ1) is 38.3. The highest BCUT2D eigenvalue weighted by atomic mass is 15.2. The van der Waals surface area contributed by atoms with Crippen LogP contribution in [0.2, 0.25) is 0 Å². The lowest BCUT2D eigenvalue weighted by atomic mass is 9.82. The molecule has 3 nitrogen and oxygen atoms in total. The first-order valence-electron chi connectivity index (χ1n) is 22.0. The Morgan fingerprint density at radius 3 is 1.00 bits per heavy atom. The molecule has 3 heteroatoms. The molecule has 0 bridgehead atoms. The largest absolute Gasteiger partial charge is 0.310 e. The summed E-state index contributed by atoms with van der Waals surface area (Å²) in [7, 11) is 0. The van der Waals surface area contributed by atoms with Crippen molar-refractivity contribution in [3.8, 4) is 22.3 Å². The average molecular weight is 812 g/mol. The third-order valence-electron chi connectivity index (χ3n) is 13.4. The van der Waals surface area contributed by atoms with Gasteiger partial charge >= 0.3 is 0 Å². The van der Waals surface area contributed by atoms with Crippen LogP contribution in [0.25, 0.3) is 22.3 Å². The van der Waals surface area contributed by atoms with Gasteiger partial charge in [-0.05, 0) is 136 Å². The topological polar surface area (TPSA) is 9.72 Å². The number of fused-ring (bicyclic) bond motifs is 6. The van der Waals surface area contributed by atoms with Crippen LogP contribution in [-0.4, -0.2) is 0 Å². The maximum atomic E-state index is 2.44. The monoisotopic (exact) mass is 811 g/mol.